The van der Waals surface area contributed by atoms with E-state index in [1.807, 2.05) is 25.1 Å². The molecule has 0 fully saturated rings. The number of nitrogens with two attached hydrogens (primary N) is 1. The molecule has 2 aromatic rings. The summed E-state index contributed by atoms with van der Waals surface area (Å²) in [6.07, 6.45) is 1.90. The summed E-state index contributed by atoms with van der Waals surface area (Å²) in [6.45, 7) is 2.46. The number of hydrogen-bond acceptors (Lipinski definition) is 3. The average molecular weight is 269 g/mol. The van der Waals surface area contributed by atoms with Crippen molar-refractivity contribution in [3.05, 3.63) is 59.3 Å². The summed E-state index contributed by atoms with van der Waals surface area (Å²) in [6, 6.07) is 13.8. The molecule has 20 heavy (non-hydrogen) atoms. The molecule has 0 amide bonds. The second kappa shape index (κ2) is 6.70. The van der Waals surface area contributed by atoms with Crippen LogP contribution < -0.4 is 10.5 Å². The summed E-state index contributed by atoms with van der Waals surface area (Å²) >= 11 is 0. The third-order valence-corrected chi connectivity index (χ3v) is 2.94. The van der Waals surface area contributed by atoms with E-state index in [2.05, 4.69) is 17.1 Å². The highest BCUT2D eigenvalue weighted by atomic mass is 16.5. The fourth-order valence-electron chi connectivity index (χ4n) is 1.97. The van der Waals surface area contributed by atoms with Crippen LogP contribution in [0, 0.1) is 12.3 Å². The lowest BCUT2D eigenvalue weighted by atomic mass is 10.1. The molecule has 0 aliphatic carbocycles. The molecule has 1 aromatic heterocycles. The third-order valence-electron chi connectivity index (χ3n) is 2.94. The number of ether oxygens (including phenoxy) is 1. The van der Waals surface area contributed by atoms with Gasteiger partial charge in [-0.05, 0) is 31.4 Å². The molecule has 1 aromatic carbocycles. The Bertz CT molecular complexity index is 582. The molecule has 0 saturated carbocycles. The van der Waals surface area contributed by atoms with E-state index in [1.165, 1.54) is 5.56 Å². The molecule has 3 N–H and O–H groups in total. The van der Waals surface area contributed by atoms with Gasteiger partial charge in [0, 0.05) is 17.3 Å². The Morgan fingerprint density at radius 1 is 1.25 bits per heavy atom. The lowest BCUT2D eigenvalue weighted by Gasteiger charge is -2.08. The van der Waals surface area contributed by atoms with Gasteiger partial charge in [0.25, 0.3) is 0 Å². The first-order chi connectivity index (χ1) is 9.65. The lowest BCUT2D eigenvalue weighted by molar-refractivity contribution is 0.298. The summed E-state index contributed by atoms with van der Waals surface area (Å²) in [7, 11) is 0. The molecule has 4 nitrogen and oxygen atoms in total. The number of pyridine rings is 1. The highest BCUT2D eigenvalue weighted by Crippen LogP contribution is 2.12. The molecule has 0 radical (unpaired) electrons. The molecule has 0 spiro atoms. The summed E-state index contributed by atoms with van der Waals surface area (Å²) in [5.41, 5.74) is 8.24. The summed E-state index contributed by atoms with van der Waals surface area (Å²) in [5.74, 6) is 0.563. The SMILES string of the molecule is Cc1cc(C(=N)N)cc(OCCCc2ccccc2)n1. The van der Waals surface area contributed by atoms with Crippen LogP contribution in [0.5, 0.6) is 5.88 Å². The van der Waals surface area contributed by atoms with E-state index in [0.29, 0.717) is 18.1 Å². The zero-order chi connectivity index (χ0) is 14.4. The van der Waals surface area contributed by atoms with Gasteiger partial charge < -0.3 is 10.5 Å². The van der Waals surface area contributed by atoms with Crippen molar-refractivity contribution in [3.63, 3.8) is 0 Å². The van der Waals surface area contributed by atoms with Crippen molar-refractivity contribution >= 4 is 5.84 Å². The maximum atomic E-state index is 7.45. The highest BCUT2D eigenvalue weighted by molar-refractivity contribution is 5.95. The number of amidine groups is 1. The molecular formula is C16H19N3O. The second-order valence-electron chi connectivity index (χ2n) is 4.69. The minimum Gasteiger partial charge on any atom is -0.478 e. The Balaban J connectivity index is 1.86. The number of aromatic nitrogens is 1. The second-order valence-corrected chi connectivity index (χ2v) is 4.69. The van der Waals surface area contributed by atoms with Gasteiger partial charge in [-0.1, -0.05) is 30.3 Å². The van der Waals surface area contributed by atoms with Crippen molar-refractivity contribution in [1.82, 2.24) is 4.98 Å². The standard InChI is InChI=1S/C16H19N3O/c1-12-10-14(16(17)18)11-15(19-12)20-9-5-8-13-6-3-2-4-7-13/h2-4,6-7,10-11H,5,8-9H2,1H3,(H3,17,18). The zero-order valence-corrected chi connectivity index (χ0v) is 11.6. The average Bonchev–Trinajstić information content (AvgIpc) is 2.44. The lowest BCUT2D eigenvalue weighted by Crippen LogP contribution is -2.12. The first kappa shape index (κ1) is 14.1. The molecule has 0 atom stereocenters. The van der Waals surface area contributed by atoms with Crippen LogP contribution in [-0.4, -0.2) is 17.4 Å². The number of nitrogens with one attached hydrogen (secondary N) is 1. The molecule has 0 unspecified atom stereocenters. The largest absolute Gasteiger partial charge is 0.478 e. The summed E-state index contributed by atoms with van der Waals surface area (Å²) in [4.78, 5) is 4.29. The van der Waals surface area contributed by atoms with E-state index in [-0.39, 0.29) is 5.84 Å². The number of hydrogen-bond donors (Lipinski definition) is 2. The van der Waals surface area contributed by atoms with Gasteiger partial charge in [-0.25, -0.2) is 4.98 Å². The molecule has 0 saturated heterocycles. The van der Waals surface area contributed by atoms with Gasteiger partial charge in [0.1, 0.15) is 5.84 Å². The van der Waals surface area contributed by atoms with Crippen molar-refractivity contribution in [1.29, 1.82) is 5.41 Å². The Kier molecular flexibility index (Phi) is 4.71. The summed E-state index contributed by atoms with van der Waals surface area (Å²) < 4.78 is 5.64. The summed E-state index contributed by atoms with van der Waals surface area (Å²) in [5, 5.41) is 7.45. The van der Waals surface area contributed by atoms with Gasteiger partial charge in [-0.3, -0.25) is 5.41 Å². The molecule has 1 heterocycles. The monoisotopic (exact) mass is 269 g/mol. The predicted molar refractivity (Wildman–Crippen MR) is 80.2 cm³/mol. The maximum absolute atomic E-state index is 7.45. The smallest absolute Gasteiger partial charge is 0.214 e. The van der Waals surface area contributed by atoms with E-state index in [1.54, 1.807) is 12.1 Å². The fourth-order valence-corrected chi connectivity index (χ4v) is 1.97. The fraction of sp³-hybridized carbons (Fsp3) is 0.250. The minimum absolute atomic E-state index is 0.0321. The van der Waals surface area contributed by atoms with E-state index < -0.39 is 0 Å². The number of benzene rings is 1. The van der Waals surface area contributed by atoms with Crippen molar-refractivity contribution in [3.8, 4) is 5.88 Å². The molecule has 4 heteroatoms. The first-order valence-electron chi connectivity index (χ1n) is 6.65. The Hall–Kier alpha value is -2.36. The topological polar surface area (TPSA) is 72.0 Å². The van der Waals surface area contributed by atoms with Crippen LogP contribution in [0.15, 0.2) is 42.5 Å². The zero-order valence-electron chi connectivity index (χ0n) is 11.6. The van der Waals surface area contributed by atoms with Crippen LogP contribution in [-0.2, 0) is 6.42 Å². The predicted octanol–water partition coefficient (Wildman–Crippen LogP) is 2.69. The van der Waals surface area contributed by atoms with Gasteiger partial charge >= 0.3 is 0 Å². The number of nitrogens with zero attached hydrogens (tertiary/aromatic N) is 1. The minimum atomic E-state index is 0.0321. The molecule has 2 rings (SSSR count). The Morgan fingerprint density at radius 2 is 2.00 bits per heavy atom. The number of nitrogen functional groups attached to an aromatic ring is 1. The number of aryl methyl sites for hydroxylation is 2. The van der Waals surface area contributed by atoms with Gasteiger partial charge in [-0.2, -0.15) is 0 Å². The third kappa shape index (κ3) is 4.09. The maximum Gasteiger partial charge on any atom is 0.214 e. The van der Waals surface area contributed by atoms with Gasteiger partial charge in [0.15, 0.2) is 0 Å². The van der Waals surface area contributed by atoms with E-state index in [9.17, 15) is 0 Å². The van der Waals surface area contributed by atoms with Crippen molar-refractivity contribution < 1.29 is 4.74 Å². The molecule has 0 bridgehead atoms. The van der Waals surface area contributed by atoms with Crippen LogP contribution in [0.25, 0.3) is 0 Å². The van der Waals surface area contributed by atoms with Crippen LogP contribution in [0.4, 0.5) is 0 Å². The van der Waals surface area contributed by atoms with Crippen molar-refractivity contribution in [2.45, 2.75) is 19.8 Å². The number of rotatable bonds is 6. The highest BCUT2D eigenvalue weighted by Gasteiger charge is 2.03. The van der Waals surface area contributed by atoms with Crippen LogP contribution >= 0.6 is 0 Å². The molecular weight excluding hydrogens is 250 g/mol. The molecule has 0 aliphatic heterocycles. The molecule has 0 aliphatic rings. The molecule has 104 valence electrons. The van der Waals surface area contributed by atoms with Gasteiger partial charge in [0.05, 0.1) is 6.61 Å². The van der Waals surface area contributed by atoms with Crippen LogP contribution in [0.1, 0.15) is 23.2 Å². The van der Waals surface area contributed by atoms with Crippen LogP contribution in [0.3, 0.4) is 0 Å². The van der Waals surface area contributed by atoms with E-state index >= 15 is 0 Å². The first-order valence-corrected chi connectivity index (χ1v) is 6.65. The van der Waals surface area contributed by atoms with Crippen molar-refractivity contribution in [2.24, 2.45) is 5.73 Å². The van der Waals surface area contributed by atoms with Gasteiger partial charge in [-0.15, -0.1) is 0 Å². The van der Waals surface area contributed by atoms with E-state index in [0.717, 1.165) is 18.5 Å². The Labute approximate surface area is 119 Å². The normalized spacial score (nSPS) is 10.2. The van der Waals surface area contributed by atoms with Crippen LogP contribution in [0.2, 0.25) is 0 Å². The van der Waals surface area contributed by atoms with Crippen molar-refractivity contribution in [2.75, 3.05) is 6.61 Å². The Morgan fingerprint density at radius 3 is 2.70 bits per heavy atom. The quantitative estimate of drug-likeness (QED) is 0.481. The van der Waals surface area contributed by atoms with Gasteiger partial charge in [0.2, 0.25) is 5.88 Å². The van der Waals surface area contributed by atoms with E-state index in [4.69, 9.17) is 15.9 Å².